The van der Waals surface area contributed by atoms with Crippen LogP contribution < -0.4 is 9.47 Å². The minimum Gasteiger partial charge on any atom is -0.483 e. The molecule has 7 nitrogen and oxygen atoms in total. The monoisotopic (exact) mass is 686 g/mol. The Morgan fingerprint density at radius 1 is 1.08 bits per heavy atom. The number of β-amino-alcohol motifs (C(OH)–C–C–N with tert-alkyl or cyclic N) is 1. The third-order valence-electron chi connectivity index (χ3n) is 11.0. The second kappa shape index (κ2) is 13.1. The number of likely N-dealkylation sites (tertiary alicyclic amines) is 1. The number of rotatable bonds is 7. The first-order valence-corrected chi connectivity index (χ1v) is 17.3. The topological polar surface area (TPSA) is 79.3 Å². The van der Waals surface area contributed by atoms with Gasteiger partial charge in [-0.15, -0.1) is 0 Å². The average molecular weight is 687 g/mol. The molecule has 1 unspecified atom stereocenters. The van der Waals surface area contributed by atoms with Gasteiger partial charge in [-0.3, -0.25) is 14.5 Å². The summed E-state index contributed by atoms with van der Waals surface area (Å²) in [6.07, 6.45) is -2.54. The molecule has 2 aliphatic carbocycles. The van der Waals surface area contributed by atoms with Crippen molar-refractivity contribution in [2.45, 2.75) is 82.3 Å². The zero-order valence-electron chi connectivity index (χ0n) is 28.4. The first kappa shape index (κ1) is 34.1. The van der Waals surface area contributed by atoms with Crippen LogP contribution in [0.25, 0.3) is 0 Å². The highest BCUT2D eigenvalue weighted by molar-refractivity contribution is 5.94. The number of piperidine rings is 1. The van der Waals surface area contributed by atoms with Crippen molar-refractivity contribution in [1.82, 2.24) is 9.80 Å². The van der Waals surface area contributed by atoms with Crippen LogP contribution in [0, 0.1) is 23.7 Å². The Morgan fingerprint density at radius 3 is 2.50 bits per heavy atom. The molecular weight excluding hydrogens is 645 g/mol. The van der Waals surface area contributed by atoms with E-state index in [-0.39, 0.29) is 23.9 Å². The molecule has 4 aliphatic rings. The molecule has 2 fully saturated rings. The van der Waals surface area contributed by atoms with Crippen molar-refractivity contribution in [3.8, 4) is 23.3 Å². The summed E-state index contributed by atoms with van der Waals surface area (Å²) in [5, 5.41) is 11.3. The van der Waals surface area contributed by atoms with Crippen LogP contribution >= 0.6 is 0 Å². The van der Waals surface area contributed by atoms with E-state index in [0.717, 1.165) is 54.6 Å². The molecule has 1 saturated carbocycles. The van der Waals surface area contributed by atoms with Crippen molar-refractivity contribution < 1.29 is 37.3 Å². The fraction of sp³-hybridized carbons (Fsp3) is 0.450. The van der Waals surface area contributed by atoms with E-state index in [2.05, 4.69) is 16.7 Å². The van der Waals surface area contributed by atoms with Crippen LogP contribution in [0.5, 0.6) is 11.5 Å². The van der Waals surface area contributed by atoms with Gasteiger partial charge in [0.05, 0.1) is 17.7 Å². The van der Waals surface area contributed by atoms with Gasteiger partial charge < -0.3 is 19.5 Å². The number of aliphatic hydroxyl groups excluding tert-OH is 1. The van der Waals surface area contributed by atoms with E-state index in [4.69, 9.17) is 9.47 Å². The van der Waals surface area contributed by atoms with Crippen molar-refractivity contribution in [2.75, 3.05) is 19.6 Å². The van der Waals surface area contributed by atoms with E-state index in [1.54, 1.807) is 11.0 Å². The Kier molecular flexibility index (Phi) is 8.94. The number of ether oxygens (including phenoxy) is 2. The zero-order chi connectivity index (χ0) is 35.4. The second-order valence-electron chi connectivity index (χ2n) is 14.5. The molecule has 2 aliphatic heterocycles. The van der Waals surface area contributed by atoms with Crippen LogP contribution in [0.15, 0.2) is 66.7 Å². The molecule has 3 aromatic carbocycles. The van der Waals surface area contributed by atoms with E-state index >= 15 is 0 Å². The number of esters is 1. The van der Waals surface area contributed by atoms with Gasteiger partial charge in [0.1, 0.15) is 6.10 Å². The fourth-order valence-corrected chi connectivity index (χ4v) is 9.07. The quantitative estimate of drug-likeness (QED) is 0.179. The number of amides is 1. The second-order valence-corrected chi connectivity index (χ2v) is 14.5. The maximum absolute atomic E-state index is 14.0. The van der Waals surface area contributed by atoms with Crippen molar-refractivity contribution >= 4 is 11.9 Å². The highest BCUT2D eigenvalue weighted by Gasteiger charge is 2.66. The molecule has 6 atom stereocenters. The molecule has 1 spiro atoms. The standard InChI is InChI=1S/C40H41F3N2O5/c1-24(2)22-45(35(48)18-11-26-9-13-29(14-10-26)40(41,42)43)31-16-15-30-32-21-28-12-17-34(49-25(3)46)37-36(28)39(30,38(31)50-37)19-20-44(32)23-33(47)27-7-5-4-6-8-27/h4-10,12-14,17,24,30-33,38,47H,15-16,19-23H2,1-3H3/t30-,31+,32+,33?,38-,39-/m0/s1. The number of benzene rings is 3. The lowest BCUT2D eigenvalue weighted by Gasteiger charge is -2.60. The molecule has 3 aromatic rings. The molecule has 10 heteroatoms. The summed E-state index contributed by atoms with van der Waals surface area (Å²) in [4.78, 5) is 30.4. The summed E-state index contributed by atoms with van der Waals surface area (Å²) < 4.78 is 51.9. The highest BCUT2D eigenvalue weighted by Crippen LogP contribution is 2.64. The van der Waals surface area contributed by atoms with Gasteiger partial charge >= 0.3 is 12.1 Å². The number of hydrogen-bond acceptors (Lipinski definition) is 6. The smallest absolute Gasteiger partial charge is 0.416 e. The van der Waals surface area contributed by atoms with E-state index in [1.165, 1.54) is 19.1 Å². The third-order valence-corrected chi connectivity index (χ3v) is 11.0. The lowest BCUT2D eigenvalue weighted by molar-refractivity contribution is -0.138. The first-order chi connectivity index (χ1) is 23.9. The van der Waals surface area contributed by atoms with Gasteiger partial charge in [-0.25, -0.2) is 0 Å². The van der Waals surface area contributed by atoms with Gasteiger partial charge in [0.2, 0.25) is 0 Å². The molecule has 1 N–H and O–H groups in total. The molecule has 7 rings (SSSR count). The Hall–Kier alpha value is -4.33. The maximum Gasteiger partial charge on any atom is 0.416 e. The number of carbonyl (C=O) groups is 2. The Morgan fingerprint density at radius 2 is 1.82 bits per heavy atom. The molecule has 262 valence electrons. The van der Waals surface area contributed by atoms with Crippen molar-refractivity contribution in [3.63, 3.8) is 0 Å². The van der Waals surface area contributed by atoms with Gasteiger partial charge in [-0.05, 0) is 85.5 Å². The van der Waals surface area contributed by atoms with Gasteiger partial charge in [-0.2, -0.15) is 13.2 Å². The predicted molar refractivity (Wildman–Crippen MR) is 180 cm³/mol. The largest absolute Gasteiger partial charge is 0.483 e. The van der Waals surface area contributed by atoms with E-state index in [9.17, 15) is 27.9 Å². The van der Waals surface area contributed by atoms with Gasteiger partial charge in [0.25, 0.3) is 5.91 Å². The van der Waals surface area contributed by atoms with E-state index < -0.39 is 41.2 Å². The summed E-state index contributed by atoms with van der Waals surface area (Å²) >= 11 is 0. The molecule has 0 aromatic heterocycles. The number of alkyl halides is 3. The molecule has 0 radical (unpaired) electrons. The summed E-state index contributed by atoms with van der Waals surface area (Å²) in [6.45, 7) is 7.07. The maximum atomic E-state index is 14.0. The number of aliphatic hydroxyl groups is 1. The van der Waals surface area contributed by atoms with E-state index in [0.29, 0.717) is 36.6 Å². The minimum atomic E-state index is -4.46. The number of carbonyl (C=O) groups excluding carboxylic acids is 2. The first-order valence-electron chi connectivity index (χ1n) is 17.3. The molecule has 2 bridgehead atoms. The lowest BCUT2D eigenvalue weighted by Crippen LogP contribution is -2.69. The Balaban J connectivity index is 1.24. The number of nitrogens with zero attached hydrogens (tertiary/aromatic N) is 2. The zero-order valence-corrected chi connectivity index (χ0v) is 28.4. The van der Waals surface area contributed by atoms with Crippen molar-refractivity contribution in [3.05, 3.63) is 94.5 Å². The van der Waals surface area contributed by atoms with Crippen LogP contribution in [0.2, 0.25) is 0 Å². The van der Waals surface area contributed by atoms with Crippen molar-refractivity contribution in [1.29, 1.82) is 0 Å². The molecular formula is C40H41F3N2O5. The molecule has 1 amide bonds. The summed E-state index contributed by atoms with van der Waals surface area (Å²) in [5.74, 6) is 5.90. The van der Waals surface area contributed by atoms with Crippen LogP contribution in [0.3, 0.4) is 0 Å². The third kappa shape index (κ3) is 6.05. The van der Waals surface area contributed by atoms with E-state index in [1.807, 2.05) is 50.2 Å². The number of hydrogen-bond donors (Lipinski definition) is 1. The predicted octanol–water partition coefficient (Wildman–Crippen LogP) is 6.31. The SMILES string of the molecule is CC(=O)Oc1ccc2c3c1O[C@H]1[C@H](N(CC(C)C)C(=O)C#Cc4ccc(C(F)(F)F)cc4)CC[C@H]4[C@@H](C2)N(CC(O)c2ccccc2)CC[C@@]341. The molecule has 2 heterocycles. The Bertz CT molecular complexity index is 1830. The average Bonchev–Trinajstić information content (AvgIpc) is 3.43. The molecule has 1 saturated heterocycles. The highest BCUT2D eigenvalue weighted by atomic mass is 19.4. The lowest BCUT2D eigenvalue weighted by atomic mass is 9.51. The van der Waals surface area contributed by atoms with Crippen molar-refractivity contribution in [2.24, 2.45) is 11.8 Å². The van der Waals surface area contributed by atoms with Gasteiger partial charge in [0.15, 0.2) is 11.5 Å². The number of halogens is 3. The van der Waals surface area contributed by atoms with Gasteiger partial charge in [0, 0.05) is 48.5 Å². The Labute approximate surface area is 290 Å². The minimum absolute atomic E-state index is 0.110. The molecule has 50 heavy (non-hydrogen) atoms. The summed E-state index contributed by atoms with van der Waals surface area (Å²) in [5.41, 5.74) is 2.17. The normalized spacial score (nSPS) is 25.5. The van der Waals surface area contributed by atoms with Crippen LogP contribution in [0.1, 0.15) is 74.0 Å². The summed E-state index contributed by atoms with van der Waals surface area (Å²) in [6, 6.07) is 17.8. The van der Waals surface area contributed by atoms with Gasteiger partial charge in [-0.1, -0.05) is 56.2 Å². The van der Waals surface area contributed by atoms with Crippen LogP contribution in [0.4, 0.5) is 13.2 Å². The van der Waals surface area contributed by atoms with Crippen LogP contribution in [-0.2, 0) is 27.6 Å². The van der Waals surface area contributed by atoms with Crippen LogP contribution in [-0.4, -0.2) is 64.6 Å². The fourth-order valence-electron chi connectivity index (χ4n) is 9.07. The summed E-state index contributed by atoms with van der Waals surface area (Å²) in [7, 11) is 0.